The van der Waals surface area contributed by atoms with Crippen LogP contribution in [0.15, 0.2) is 42.9 Å². The molecule has 2 amide bonds. The van der Waals surface area contributed by atoms with E-state index in [0.29, 0.717) is 30.9 Å². The third-order valence-electron chi connectivity index (χ3n) is 4.30. The van der Waals surface area contributed by atoms with E-state index in [1.807, 2.05) is 6.20 Å². The highest BCUT2D eigenvalue weighted by Gasteiger charge is 2.33. The Morgan fingerprint density at radius 1 is 1.15 bits per heavy atom. The van der Waals surface area contributed by atoms with Crippen LogP contribution in [-0.4, -0.2) is 59.8 Å². The summed E-state index contributed by atoms with van der Waals surface area (Å²) >= 11 is 0. The van der Waals surface area contributed by atoms with Crippen molar-refractivity contribution in [2.75, 3.05) is 18.4 Å². The van der Waals surface area contributed by atoms with E-state index < -0.39 is 0 Å². The number of aromatic nitrogens is 6. The summed E-state index contributed by atoms with van der Waals surface area (Å²) < 4.78 is 1.78. The zero-order valence-corrected chi connectivity index (χ0v) is 14.7. The van der Waals surface area contributed by atoms with Crippen molar-refractivity contribution >= 4 is 17.5 Å². The molecule has 1 fully saturated rings. The van der Waals surface area contributed by atoms with Crippen molar-refractivity contribution in [2.45, 2.75) is 19.5 Å². The highest BCUT2D eigenvalue weighted by Crippen LogP contribution is 2.23. The number of benzene rings is 1. The fraction of sp³-hybridized carbons (Fsp3) is 0.294. The van der Waals surface area contributed by atoms with E-state index in [1.165, 1.54) is 11.7 Å². The van der Waals surface area contributed by atoms with Crippen LogP contribution in [0.1, 0.15) is 29.0 Å². The number of likely N-dealkylation sites (tertiary alicyclic amines) is 1. The zero-order valence-electron chi connectivity index (χ0n) is 14.7. The summed E-state index contributed by atoms with van der Waals surface area (Å²) in [6.07, 6.45) is 5.09. The summed E-state index contributed by atoms with van der Waals surface area (Å²) in [7, 11) is 0. The predicted molar refractivity (Wildman–Crippen MR) is 94.8 cm³/mol. The number of nitrogens with zero attached hydrogens (tertiary/aromatic N) is 7. The van der Waals surface area contributed by atoms with Crippen molar-refractivity contribution in [1.82, 2.24) is 34.9 Å². The van der Waals surface area contributed by atoms with Gasteiger partial charge in [0.05, 0.1) is 24.6 Å². The minimum Gasteiger partial charge on any atom is -0.334 e. The van der Waals surface area contributed by atoms with Gasteiger partial charge in [-0.1, -0.05) is 5.21 Å². The van der Waals surface area contributed by atoms with Gasteiger partial charge in [0.25, 0.3) is 5.91 Å². The maximum absolute atomic E-state index is 12.5. The molecule has 1 N–H and O–H groups in total. The number of carbonyl (C=O) groups is 2. The first kappa shape index (κ1) is 16.9. The van der Waals surface area contributed by atoms with Crippen molar-refractivity contribution in [3.63, 3.8) is 0 Å². The Bertz CT molecular complexity index is 942. The van der Waals surface area contributed by atoms with Crippen molar-refractivity contribution in [3.05, 3.63) is 54.1 Å². The fourth-order valence-electron chi connectivity index (χ4n) is 2.90. The molecule has 2 aromatic heterocycles. The summed E-state index contributed by atoms with van der Waals surface area (Å²) in [6.45, 7) is 3.06. The third-order valence-corrected chi connectivity index (χ3v) is 4.30. The van der Waals surface area contributed by atoms with E-state index >= 15 is 0 Å². The molecule has 4 rings (SSSR count). The van der Waals surface area contributed by atoms with Crippen LogP contribution >= 0.6 is 0 Å². The molecule has 1 aromatic carbocycles. The van der Waals surface area contributed by atoms with Crippen LogP contribution < -0.4 is 5.32 Å². The SMILES string of the molecule is CC(=O)Nc1ccc(C(=O)N2CC(n3cc(Cn4nccn4)nn3)C2)cc1. The van der Waals surface area contributed by atoms with Gasteiger partial charge in [-0.05, 0) is 24.3 Å². The van der Waals surface area contributed by atoms with Crippen molar-refractivity contribution in [2.24, 2.45) is 0 Å². The number of rotatable bonds is 5. The highest BCUT2D eigenvalue weighted by molar-refractivity contribution is 5.96. The van der Waals surface area contributed by atoms with Crippen LogP contribution in [0.5, 0.6) is 0 Å². The van der Waals surface area contributed by atoms with Gasteiger partial charge in [-0.15, -0.1) is 5.10 Å². The molecule has 0 unspecified atom stereocenters. The molecule has 0 spiro atoms. The van der Waals surface area contributed by atoms with Gasteiger partial charge in [-0.3, -0.25) is 9.59 Å². The molecule has 1 aliphatic heterocycles. The number of anilines is 1. The van der Waals surface area contributed by atoms with Crippen LogP contribution in [-0.2, 0) is 11.3 Å². The Hall–Kier alpha value is -3.56. The lowest BCUT2D eigenvalue weighted by Gasteiger charge is -2.38. The number of amides is 2. The molecule has 27 heavy (non-hydrogen) atoms. The summed E-state index contributed by atoms with van der Waals surface area (Å²) in [4.78, 5) is 26.9. The van der Waals surface area contributed by atoms with Gasteiger partial charge < -0.3 is 10.2 Å². The second-order valence-corrected chi connectivity index (χ2v) is 6.37. The normalized spacial score (nSPS) is 14.0. The van der Waals surface area contributed by atoms with Gasteiger partial charge in [0.2, 0.25) is 5.91 Å². The molecule has 3 heterocycles. The lowest BCUT2D eigenvalue weighted by atomic mass is 10.1. The molecule has 10 heteroatoms. The monoisotopic (exact) mass is 366 g/mol. The Morgan fingerprint density at radius 2 is 1.85 bits per heavy atom. The zero-order chi connectivity index (χ0) is 18.8. The van der Waals surface area contributed by atoms with Gasteiger partial charge in [-0.2, -0.15) is 15.0 Å². The molecule has 1 aliphatic rings. The van der Waals surface area contributed by atoms with Crippen molar-refractivity contribution in [1.29, 1.82) is 0 Å². The molecule has 0 aliphatic carbocycles. The molecule has 0 radical (unpaired) electrons. The minimum absolute atomic E-state index is 0.0401. The van der Waals surface area contributed by atoms with E-state index in [-0.39, 0.29) is 17.9 Å². The minimum atomic E-state index is -0.143. The third kappa shape index (κ3) is 3.68. The van der Waals surface area contributed by atoms with Crippen LogP contribution in [0.3, 0.4) is 0 Å². The predicted octanol–water partition coefficient (Wildman–Crippen LogP) is 0.573. The van der Waals surface area contributed by atoms with Crippen molar-refractivity contribution < 1.29 is 9.59 Å². The average Bonchev–Trinajstić information content (AvgIpc) is 3.26. The Labute approximate surface area is 154 Å². The van der Waals surface area contributed by atoms with E-state index in [9.17, 15) is 9.59 Å². The number of hydrogen-bond acceptors (Lipinski definition) is 6. The quantitative estimate of drug-likeness (QED) is 0.707. The molecular formula is C17H18N8O2. The molecule has 0 atom stereocenters. The smallest absolute Gasteiger partial charge is 0.254 e. The van der Waals surface area contributed by atoms with E-state index in [4.69, 9.17) is 0 Å². The van der Waals surface area contributed by atoms with Crippen LogP contribution in [0.2, 0.25) is 0 Å². The molecular weight excluding hydrogens is 348 g/mol. The van der Waals surface area contributed by atoms with Gasteiger partial charge in [-0.25, -0.2) is 4.68 Å². The molecule has 10 nitrogen and oxygen atoms in total. The first-order valence-corrected chi connectivity index (χ1v) is 8.50. The Balaban J connectivity index is 1.33. The van der Waals surface area contributed by atoms with Gasteiger partial charge in [0.1, 0.15) is 12.2 Å². The first-order chi connectivity index (χ1) is 13.1. The Morgan fingerprint density at radius 3 is 2.52 bits per heavy atom. The van der Waals surface area contributed by atoms with Crippen LogP contribution in [0.4, 0.5) is 5.69 Å². The second-order valence-electron chi connectivity index (χ2n) is 6.37. The number of hydrogen-bond donors (Lipinski definition) is 1. The van der Waals surface area contributed by atoms with Gasteiger partial charge >= 0.3 is 0 Å². The lowest BCUT2D eigenvalue weighted by Crippen LogP contribution is -2.50. The van der Waals surface area contributed by atoms with Gasteiger partial charge in [0.15, 0.2) is 0 Å². The summed E-state index contributed by atoms with van der Waals surface area (Å²) in [5.41, 5.74) is 2.03. The number of nitrogens with one attached hydrogen (secondary N) is 1. The average molecular weight is 366 g/mol. The van der Waals surface area contributed by atoms with Crippen molar-refractivity contribution in [3.8, 4) is 0 Å². The van der Waals surface area contributed by atoms with Gasteiger partial charge in [0, 0.05) is 31.3 Å². The van der Waals surface area contributed by atoms with Crippen LogP contribution in [0.25, 0.3) is 0 Å². The largest absolute Gasteiger partial charge is 0.334 e. The van der Waals surface area contributed by atoms with E-state index in [1.54, 1.807) is 46.2 Å². The van der Waals surface area contributed by atoms with E-state index in [0.717, 1.165) is 5.69 Å². The first-order valence-electron chi connectivity index (χ1n) is 8.50. The molecule has 0 bridgehead atoms. The maximum Gasteiger partial charge on any atom is 0.254 e. The number of carbonyl (C=O) groups excluding carboxylic acids is 2. The highest BCUT2D eigenvalue weighted by atomic mass is 16.2. The Kier molecular flexibility index (Phi) is 4.37. The van der Waals surface area contributed by atoms with E-state index in [2.05, 4.69) is 25.8 Å². The standard InChI is InChI=1S/C17H18N8O2/c1-12(26)20-14-4-2-13(3-5-14)17(27)23-10-16(11-23)24-8-15(21-22-24)9-25-18-6-7-19-25/h2-8,16H,9-11H2,1H3,(H,20,26). The molecule has 138 valence electrons. The summed E-state index contributed by atoms with van der Waals surface area (Å²) in [5.74, 6) is -0.183. The summed E-state index contributed by atoms with van der Waals surface area (Å²) in [5, 5.41) is 19.0. The molecule has 3 aromatic rings. The second kappa shape index (κ2) is 6.98. The molecule has 0 saturated carbocycles. The molecule has 1 saturated heterocycles. The topological polar surface area (TPSA) is 111 Å². The summed E-state index contributed by atoms with van der Waals surface area (Å²) in [6, 6.07) is 6.98. The lowest BCUT2D eigenvalue weighted by molar-refractivity contribution is -0.114. The van der Waals surface area contributed by atoms with Crippen LogP contribution in [0, 0.1) is 0 Å². The fourth-order valence-corrected chi connectivity index (χ4v) is 2.90. The maximum atomic E-state index is 12.5.